The van der Waals surface area contributed by atoms with Crippen LogP contribution in [0.1, 0.15) is 42.5 Å². The summed E-state index contributed by atoms with van der Waals surface area (Å²) in [5.74, 6) is 0.218. The smallest absolute Gasteiger partial charge is 0.290 e. The molecule has 2 fully saturated rings. The number of fused-ring (bicyclic) bond motifs is 1. The van der Waals surface area contributed by atoms with Gasteiger partial charge in [-0.25, -0.2) is 4.98 Å². The predicted molar refractivity (Wildman–Crippen MR) is 110 cm³/mol. The van der Waals surface area contributed by atoms with E-state index in [0.29, 0.717) is 44.6 Å². The van der Waals surface area contributed by atoms with Crippen molar-refractivity contribution in [1.29, 1.82) is 0 Å². The number of carboxylic acid groups (broad SMARTS) is 1. The number of nitrogens with one attached hydrogen (secondary N) is 1. The fourth-order valence-corrected chi connectivity index (χ4v) is 4.17. The highest BCUT2D eigenvalue weighted by Gasteiger charge is 2.30. The maximum Gasteiger partial charge on any atom is 0.290 e. The number of H-pyrrole nitrogens is 1. The average Bonchev–Trinajstić information content (AvgIpc) is 3.08. The first-order valence-electron chi connectivity index (χ1n) is 10.3. The monoisotopic (exact) mass is 416 g/mol. The minimum atomic E-state index is -0.251. The molecule has 1 aromatic heterocycles. The van der Waals surface area contributed by atoms with Crippen LogP contribution in [0.2, 0.25) is 0 Å². The summed E-state index contributed by atoms with van der Waals surface area (Å²) < 4.78 is 0. The number of hydrogen-bond acceptors (Lipinski definition) is 5. The molecule has 162 valence electrons. The Hall–Kier alpha value is -2.94. The van der Waals surface area contributed by atoms with Crippen molar-refractivity contribution in [2.45, 2.75) is 38.2 Å². The average molecular weight is 416 g/mol. The molecule has 1 saturated carbocycles. The summed E-state index contributed by atoms with van der Waals surface area (Å²) in [6.45, 7) is 2.24. The lowest BCUT2D eigenvalue weighted by atomic mass is 9.86. The van der Waals surface area contributed by atoms with Crippen molar-refractivity contribution >= 4 is 29.3 Å². The van der Waals surface area contributed by atoms with Crippen LogP contribution in [0.25, 0.3) is 11.0 Å². The summed E-state index contributed by atoms with van der Waals surface area (Å²) in [6, 6.07) is 5.50. The number of benzene rings is 1. The standard InChI is InChI=1S/C20H26N4O3.CH2O2/c25-16-5-2-14(3-6-16)19(26)23-8-1-9-24(11-10-23)20(27)15-4-7-17-18(12-15)22-13-21-17;2-1-3/h4,7,12-14,16,25H,1-3,5-6,8-11H2,(H,21,22);1H,(H,2,3). The molecule has 1 aromatic carbocycles. The Morgan fingerprint density at radius 1 is 1.07 bits per heavy atom. The Labute approximate surface area is 174 Å². The number of carbonyl (C=O) groups excluding carboxylic acids is 2. The molecule has 2 aliphatic rings. The lowest BCUT2D eigenvalue weighted by Gasteiger charge is -2.30. The van der Waals surface area contributed by atoms with Crippen LogP contribution in [0.4, 0.5) is 0 Å². The van der Waals surface area contributed by atoms with E-state index in [4.69, 9.17) is 9.90 Å². The maximum atomic E-state index is 12.9. The molecule has 2 amide bonds. The molecule has 0 spiro atoms. The number of aliphatic hydroxyl groups is 1. The SMILES string of the molecule is O=C(c1ccc2nc[nH]c2c1)N1CCCN(C(=O)C2CCC(O)CC2)CC1.O=CO. The molecule has 0 atom stereocenters. The van der Waals surface area contributed by atoms with Crippen LogP contribution in [-0.2, 0) is 9.59 Å². The second-order valence-corrected chi connectivity index (χ2v) is 7.72. The van der Waals surface area contributed by atoms with Crippen LogP contribution in [0.3, 0.4) is 0 Å². The van der Waals surface area contributed by atoms with E-state index in [9.17, 15) is 14.7 Å². The van der Waals surface area contributed by atoms with Gasteiger partial charge >= 0.3 is 0 Å². The molecule has 9 nitrogen and oxygen atoms in total. The number of rotatable bonds is 2. The van der Waals surface area contributed by atoms with Crippen molar-refractivity contribution in [3.8, 4) is 0 Å². The molecule has 2 heterocycles. The number of hydrogen-bond donors (Lipinski definition) is 3. The Morgan fingerprint density at radius 2 is 1.73 bits per heavy atom. The third-order valence-corrected chi connectivity index (χ3v) is 5.81. The molecule has 3 N–H and O–H groups in total. The summed E-state index contributed by atoms with van der Waals surface area (Å²) in [7, 11) is 0. The topological polar surface area (TPSA) is 127 Å². The molecule has 9 heteroatoms. The number of nitrogens with zero attached hydrogens (tertiary/aromatic N) is 3. The van der Waals surface area contributed by atoms with E-state index in [2.05, 4.69) is 9.97 Å². The van der Waals surface area contributed by atoms with Gasteiger partial charge in [0, 0.05) is 37.7 Å². The first-order chi connectivity index (χ1) is 14.5. The molecule has 4 rings (SSSR count). The van der Waals surface area contributed by atoms with Gasteiger partial charge in [-0.2, -0.15) is 0 Å². The third kappa shape index (κ3) is 5.15. The Bertz CT molecular complexity index is 875. The van der Waals surface area contributed by atoms with Crippen molar-refractivity contribution in [1.82, 2.24) is 19.8 Å². The maximum absolute atomic E-state index is 12.9. The van der Waals surface area contributed by atoms with Crippen LogP contribution in [-0.4, -0.2) is 80.6 Å². The van der Waals surface area contributed by atoms with Gasteiger partial charge in [0.15, 0.2) is 0 Å². The highest BCUT2D eigenvalue weighted by molar-refractivity contribution is 5.97. The van der Waals surface area contributed by atoms with Crippen LogP contribution >= 0.6 is 0 Å². The zero-order valence-corrected chi connectivity index (χ0v) is 16.9. The summed E-state index contributed by atoms with van der Waals surface area (Å²) in [5.41, 5.74) is 2.34. The molecule has 1 saturated heterocycles. The largest absolute Gasteiger partial charge is 0.483 e. The van der Waals surface area contributed by atoms with Crippen molar-refractivity contribution in [3.05, 3.63) is 30.1 Å². The van der Waals surface area contributed by atoms with Crippen LogP contribution in [0.5, 0.6) is 0 Å². The quantitative estimate of drug-likeness (QED) is 0.637. The Balaban J connectivity index is 0.000000806. The highest BCUT2D eigenvalue weighted by atomic mass is 16.3. The summed E-state index contributed by atoms with van der Waals surface area (Å²) in [5, 5.41) is 16.5. The molecule has 2 aromatic rings. The van der Waals surface area contributed by atoms with E-state index in [1.165, 1.54) is 0 Å². The third-order valence-electron chi connectivity index (χ3n) is 5.81. The Morgan fingerprint density at radius 3 is 2.47 bits per heavy atom. The second kappa shape index (κ2) is 10.2. The summed E-state index contributed by atoms with van der Waals surface area (Å²) >= 11 is 0. The van der Waals surface area contributed by atoms with Gasteiger partial charge in [-0.1, -0.05) is 0 Å². The molecule has 0 unspecified atom stereocenters. The molecular formula is C21H28N4O5. The van der Waals surface area contributed by atoms with Gasteiger partial charge in [0.2, 0.25) is 5.91 Å². The van der Waals surface area contributed by atoms with Gasteiger partial charge in [0.05, 0.1) is 23.5 Å². The number of amides is 2. The molecular weight excluding hydrogens is 388 g/mol. The predicted octanol–water partition coefficient (Wildman–Crippen LogP) is 1.49. The minimum Gasteiger partial charge on any atom is -0.483 e. The van der Waals surface area contributed by atoms with Crippen molar-refractivity contribution in [2.75, 3.05) is 26.2 Å². The van der Waals surface area contributed by atoms with E-state index >= 15 is 0 Å². The summed E-state index contributed by atoms with van der Waals surface area (Å²) in [6.07, 6.45) is 5.12. The normalized spacial score (nSPS) is 22.0. The molecule has 0 radical (unpaired) electrons. The first-order valence-corrected chi connectivity index (χ1v) is 10.3. The fraction of sp³-hybridized carbons (Fsp3) is 0.524. The zero-order chi connectivity index (χ0) is 21.5. The van der Waals surface area contributed by atoms with Crippen molar-refractivity contribution < 1.29 is 24.6 Å². The number of aliphatic hydroxyl groups excluding tert-OH is 1. The fourth-order valence-electron chi connectivity index (χ4n) is 4.17. The van der Waals surface area contributed by atoms with Crippen LogP contribution in [0.15, 0.2) is 24.5 Å². The summed E-state index contributed by atoms with van der Waals surface area (Å²) in [4.78, 5) is 45.0. The van der Waals surface area contributed by atoms with Gasteiger partial charge in [0.25, 0.3) is 12.4 Å². The first kappa shape index (κ1) is 21.8. The molecule has 0 bridgehead atoms. The van der Waals surface area contributed by atoms with Crippen molar-refractivity contribution in [2.24, 2.45) is 5.92 Å². The van der Waals surface area contributed by atoms with Crippen LogP contribution in [0, 0.1) is 5.92 Å². The number of aromatic amines is 1. The Kier molecular flexibility index (Phi) is 7.40. The molecule has 1 aliphatic heterocycles. The molecule has 30 heavy (non-hydrogen) atoms. The number of imidazole rings is 1. The van der Waals surface area contributed by atoms with E-state index in [-0.39, 0.29) is 30.3 Å². The van der Waals surface area contributed by atoms with E-state index in [0.717, 1.165) is 30.3 Å². The molecule has 1 aliphatic carbocycles. The van der Waals surface area contributed by atoms with E-state index in [1.807, 2.05) is 28.0 Å². The number of carbonyl (C=O) groups is 3. The van der Waals surface area contributed by atoms with Gasteiger partial charge in [-0.3, -0.25) is 14.4 Å². The lowest BCUT2D eigenvalue weighted by molar-refractivity contribution is -0.137. The van der Waals surface area contributed by atoms with E-state index in [1.54, 1.807) is 6.33 Å². The zero-order valence-electron chi connectivity index (χ0n) is 16.9. The van der Waals surface area contributed by atoms with Gasteiger partial charge < -0.3 is 25.0 Å². The van der Waals surface area contributed by atoms with Gasteiger partial charge in [-0.05, 0) is 50.3 Å². The second-order valence-electron chi connectivity index (χ2n) is 7.72. The van der Waals surface area contributed by atoms with Gasteiger partial charge in [0.1, 0.15) is 0 Å². The lowest BCUT2D eigenvalue weighted by Crippen LogP contribution is -2.41. The van der Waals surface area contributed by atoms with Crippen molar-refractivity contribution in [3.63, 3.8) is 0 Å². The van der Waals surface area contributed by atoms with Gasteiger partial charge in [-0.15, -0.1) is 0 Å². The minimum absolute atomic E-state index is 0.00147. The highest BCUT2D eigenvalue weighted by Crippen LogP contribution is 2.26. The van der Waals surface area contributed by atoms with E-state index < -0.39 is 0 Å². The van der Waals surface area contributed by atoms with Crippen LogP contribution < -0.4 is 0 Å². The number of aromatic nitrogens is 2.